The van der Waals surface area contributed by atoms with Crippen molar-refractivity contribution in [2.24, 2.45) is 5.73 Å². The Balaban J connectivity index is 2.66. The molecule has 1 aromatic rings. The van der Waals surface area contributed by atoms with Gasteiger partial charge in [0.05, 0.1) is 5.25 Å². The van der Waals surface area contributed by atoms with E-state index in [1.807, 2.05) is 18.4 Å². The quantitative estimate of drug-likeness (QED) is 0.550. The van der Waals surface area contributed by atoms with Gasteiger partial charge in [-0.05, 0) is 13.8 Å². The van der Waals surface area contributed by atoms with E-state index in [0.717, 1.165) is 11.0 Å². The van der Waals surface area contributed by atoms with E-state index in [9.17, 15) is 4.79 Å². The van der Waals surface area contributed by atoms with Crippen LogP contribution >= 0.6 is 11.8 Å². The van der Waals surface area contributed by atoms with Gasteiger partial charge in [0.15, 0.2) is 5.16 Å². The van der Waals surface area contributed by atoms with E-state index in [4.69, 9.17) is 5.73 Å². The minimum atomic E-state index is -0.231. The minimum Gasteiger partial charge on any atom is -0.352 e. The molecule has 100 valence electrons. The molecule has 1 heterocycles. The van der Waals surface area contributed by atoms with E-state index >= 15 is 0 Å². The van der Waals surface area contributed by atoms with Crippen molar-refractivity contribution in [3.05, 3.63) is 18.5 Å². The fourth-order valence-electron chi connectivity index (χ4n) is 1.36. The summed E-state index contributed by atoms with van der Waals surface area (Å²) in [5, 5.41) is 11.3. The maximum Gasteiger partial charge on any atom is 0.233 e. The topological polar surface area (TPSA) is 85.8 Å². The van der Waals surface area contributed by atoms with Crippen LogP contribution in [0.4, 0.5) is 0 Å². The summed E-state index contributed by atoms with van der Waals surface area (Å²) in [6, 6.07) is 0. The number of nitrogens with zero attached hydrogens (tertiary/aromatic N) is 3. The molecule has 0 aliphatic heterocycles. The van der Waals surface area contributed by atoms with Crippen LogP contribution in [0.2, 0.25) is 0 Å². The summed E-state index contributed by atoms with van der Waals surface area (Å²) in [5.74, 6) is 0.765. The zero-order valence-corrected chi connectivity index (χ0v) is 11.5. The lowest BCUT2D eigenvalue weighted by molar-refractivity contribution is -0.120. The maximum atomic E-state index is 11.7. The van der Waals surface area contributed by atoms with E-state index in [2.05, 4.69) is 22.1 Å². The maximum absolute atomic E-state index is 11.7. The zero-order valence-electron chi connectivity index (χ0n) is 10.7. The summed E-state index contributed by atoms with van der Waals surface area (Å²) < 4.78 is 1.92. The first kappa shape index (κ1) is 14.7. The van der Waals surface area contributed by atoms with Crippen LogP contribution in [0.25, 0.3) is 0 Å². The lowest BCUT2D eigenvalue weighted by atomic mass is 10.4. The molecule has 0 aliphatic rings. The molecule has 0 aliphatic carbocycles. The van der Waals surface area contributed by atoms with Crippen LogP contribution in [0, 0.1) is 6.92 Å². The molecule has 1 amide bonds. The molecular weight excluding hydrogens is 250 g/mol. The van der Waals surface area contributed by atoms with Crippen molar-refractivity contribution in [1.82, 2.24) is 20.1 Å². The molecular formula is C11H19N5OS. The number of rotatable bonds is 7. The molecule has 1 unspecified atom stereocenters. The molecule has 7 heteroatoms. The van der Waals surface area contributed by atoms with Gasteiger partial charge in [0.2, 0.25) is 5.91 Å². The van der Waals surface area contributed by atoms with Crippen LogP contribution in [-0.4, -0.2) is 39.0 Å². The second-order valence-electron chi connectivity index (χ2n) is 3.76. The Bertz CT molecular complexity index is 418. The van der Waals surface area contributed by atoms with Crippen molar-refractivity contribution in [2.75, 3.05) is 13.1 Å². The van der Waals surface area contributed by atoms with E-state index in [1.54, 1.807) is 6.08 Å². The predicted octanol–water partition coefficient (Wildman–Crippen LogP) is 0.328. The van der Waals surface area contributed by atoms with Gasteiger partial charge >= 0.3 is 0 Å². The summed E-state index contributed by atoms with van der Waals surface area (Å²) in [7, 11) is 0. The van der Waals surface area contributed by atoms with Crippen molar-refractivity contribution < 1.29 is 4.79 Å². The molecule has 1 aromatic heterocycles. The second-order valence-corrected chi connectivity index (χ2v) is 5.07. The Hall–Kier alpha value is -1.34. The summed E-state index contributed by atoms with van der Waals surface area (Å²) in [6.07, 6.45) is 1.65. The van der Waals surface area contributed by atoms with Crippen LogP contribution in [0.5, 0.6) is 0 Å². The number of hydrogen-bond acceptors (Lipinski definition) is 5. The summed E-state index contributed by atoms with van der Waals surface area (Å²) in [4.78, 5) is 11.7. The van der Waals surface area contributed by atoms with E-state index in [-0.39, 0.29) is 11.2 Å². The largest absolute Gasteiger partial charge is 0.352 e. The van der Waals surface area contributed by atoms with E-state index in [0.29, 0.717) is 19.6 Å². The van der Waals surface area contributed by atoms with Gasteiger partial charge in [-0.15, -0.1) is 16.8 Å². The van der Waals surface area contributed by atoms with Gasteiger partial charge in [-0.3, -0.25) is 4.79 Å². The van der Waals surface area contributed by atoms with Crippen molar-refractivity contribution >= 4 is 17.7 Å². The number of carbonyl (C=O) groups is 1. The minimum absolute atomic E-state index is 0.0418. The highest BCUT2D eigenvalue weighted by Gasteiger charge is 2.18. The number of thioether (sulfide) groups is 1. The SMILES string of the molecule is C=CCNC(=O)C(C)Sc1nnc(C)n1CCN. The average molecular weight is 269 g/mol. The first-order chi connectivity index (χ1) is 8.60. The lowest BCUT2D eigenvalue weighted by Gasteiger charge is -2.11. The third kappa shape index (κ3) is 3.85. The number of aryl methyl sites for hydroxylation is 1. The number of nitrogens with one attached hydrogen (secondary N) is 1. The van der Waals surface area contributed by atoms with Crippen LogP contribution in [0.3, 0.4) is 0 Å². The molecule has 6 nitrogen and oxygen atoms in total. The molecule has 0 bridgehead atoms. The molecule has 1 rings (SSSR count). The molecule has 0 spiro atoms. The van der Waals surface area contributed by atoms with Crippen LogP contribution in [-0.2, 0) is 11.3 Å². The Morgan fingerprint density at radius 2 is 2.39 bits per heavy atom. The summed E-state index contributed by atoms with van der Waals surface area (Å²) in [6.45, 7) is 8.90. The highest BCUT2D eigenvalue weighted by Crippen LogP contribution is 2.21. The number of aromatic nitrogens is 3. The number of carbonyl (C=O) groups excluding carboxylic acids is 1. The fraction of sp³-hybridized carbons (Fsp3) is 0.545. The molecule has 3 N–H and O–H groups in total. The van der Waals surface area contributed by atoms with Gasteiger partial charge < -0.3 is 15.6 Å². The number of amides is 1. The Morgan fingerprint density at radius 1 is 1.67 bits per heavy atom. The third-order valence-corrected chi connectivity index (χ3v) is 3.41. The Kier molecular flexibility index (Phi) is 5.87. The van der Waals surface area contributed by atoms with Crippen molar-refractivity contribution in [1.29, 1.82) is 0 Å². The summed E-state index contributed by atoms with van der Waals surface area (Å²) >= 11 is 1.38. The van der Waals surface area contributed by atoms with Crippen molar-refractivity contribution in [2.45, 2.75) is 30.8 Å². The first-order valence-corrected chi connectivity index (χ1v) is 6.63. The summed E-state index contributed by atoms with van der Waals surface area (Å²) in [5.41, 5.74) is 5.54. The van der Waals surface area contributed by atoms with Crippen LogP contribution in [0.1, 0.15) is 12.7 Å². The van der Waals surface area contributed by atoms with Gasteiger partial charge in [-0.1, -0.05) is 17.8 Å². The smallest absolute Gasteiger partial charge is 0.233 e. The van der Waals surface area contributed by atoms with Crippen molar-refractivity contribution in [3.8, 4) is 0 Å². The second kappa shape index (κ2) is 7.17. The van der Waals surface area contributed by atoms with E-state index in [1.165, 1.54) is 11.8 Å². The van der Waals surface area contributed by atoms with Crippen molar-refractivity contribution in [3.63, 3.8) is 0 Å². The number of nitrogens with two attached hydrogens (primary N) is 1. The molecule has 18 heavy (non-hydrogen) atoms. The first-order valence-electron chi connectivity index (χ1n) is 5.75. The predicted molar refractivity (Wildman–Crippen MR) is 72.3 cm³/mol. The van der Waals surface area contributed by atoms with Gasteiger partial charge in [0.1, 0.15) is 5.82 Å². The standard InChI is InChI=1S/C11H19N5OS/c1-4-6-13-10(17)8(2)18-11-15-14-9(3)16(11)7-5-12/h4,8H,1,5-7,12H2,2-3H3,(H,13,17). The highest BCUT2D eigenvalue weighted by molar-refractivity contribution is 8.00. The fourth-order valence-corrected chi connectivity index (χ4v) is 2.31. The van der Waals surface area contributed by atoms with Gasteiger partial charge in [0, 0.05) is 19.6 Å². The zero-order chi connectivity index (χ0) is 13.5. The molecule has 0 fully saturated rings. The highest BCUT2D eigenvalue weighted by atomic mass is 32.2. The normalized spacial score (nSPS) is 12.2. The lowest BCUT2D eigenvalue weighted by Crippen LogP contribution is -2.31. The van der Waals surface area contributed by atoms with Crippen LogP contribution in [0.15, 0.2) is 17.8 Å². The van der Waals surface area contributed by atoms with Gasteiger partial charge in [0.25, 0.3) is 0 Å². The van der Waals surface area contributed by atoms with Gasteiger partial charge in [-0.25, -0.2) is 0 Å². The monoisotopic (exact) mass is 269 g/mol. The average Bonchev–Trinajstić information content (AvgIpc) is 2.69. The Labute approximate surface area is 111 Å². The molecule has 1 atom stereocenters. The molecule has 0 saturated carbocycles. The van der Waals surface area contributed by atoms with E-state index < -0.39 is 0 Å². The van der Waals surface area contributed by atoms with Crippen LogP contribution < -0.4 is 11.1 Å². The van der Waals surface area contributed by atoms with Gasteiger partial charge in [-0.2, -0.15) is 0 Å². The third-order valence-electron chi connectivity index (χ3n) is 2.33. The molecule has 0 radical (unpaired) electrons. The number of hydrogen-bond donors (Lipinski definition) is 2. The molecule has 0 saturated heterocycles. The molecule has 0 aromatic carbocycles. The Morgan fingerprint density at radius 3 is 3.00 bits per heavy atom.